The lowest BCUT2D eigenvalue weighted by molar-refractivity contribution is -0.147. The minimum atomic E-state index is -0.739. The maximum Gasteiger partial charge on any atom is 0.309 e. The normalized spacial score (nSPS) is 12.1. The average Bonchev–Trinajstić information content (AvgIpc) is 2.61. The Balaban J connectivity index is 2.53. The van der Waals surface area contributed by atoms with Gasteiger partial charge < -0.3 is 5.11 Å². The third kappa shape index (κ3) is 4.46. The number of hydrogen-bond donors (Lipinski definition) is 1. The molecule has 17 heavy (non-hydrogen) atoms. The topological polar surface area (TPSA) is 50.2 Å². The van der Waals surface area contributed by atoms with Crippen LogP contribution in [0.5, 0.6) is 0 Å². The molecule has 0 unspecified atom stereocenters. The van der Waals surface area contributed by atoms with Crippen LogP contribution >= 0.6 is 11.3 Å². The van der Waals surface area contributed by atoms with Crippen molar-refractivity contribution in [2.45, 2.75) is 47.0 Å². The molecule has 0 spiro atoms. The maximum absolute atomic E-state index is 11.0. The van der Waals surface area contributed by atoms with Crippen molar-refractivity contribution >= 4 is 17.3 Å². The van der Waals surface area contributed by atoms with E-state index in [1.165, 1.54) is 0 Å². The number of aryl methyl sites for hydroxylation is 1. The minimum Gasteiger partial charge on any atom is -0.481 e. The van der Waals surface area contributed by atoms with Gasteiger partial charge in [0.2, 0.25) is 0 Å². The molecular formula is C13H21NO2S. The lowest BCUT2D eigenvalue weighted by Gasteiger charge is -2.17. The molecule has 0 bridgehead atoms. The molecule has 0 radical (unpaired) electrons. The van der Waals surface area contributed by atoms with Gasteiger partial charge in [-0.25, -0.2) is 4.98 Å². The Bertz CT molecular complexity index is 383. The van der Waals surface area contributed by atoms with Gasteiger partial charge >= 0.3 is 5.97 Å². The highest BCUT2D eigenvalue weighted by molar-refractivity contribution is 7.09. The Labute approximate surface area is 107 Å². The quantitative estimate of drug-likeness (QED) is 0.847. The Hall–Kier alpha value is -0.900. The molecule has 1 rings (SSSR count). The van der Waals surface area contributed by atoms with Gasteiger partial charge in [0.25, 0.3) is 0 Å². The first-order chi connectivity index (χ1) is 7.81. The first-order valence-electron chi connectivity index (χ1n) is 5.98. The van der Waals surface area contributed by atoms with E-state index in [0.29, 0.717) is 12.3 Å². The molecule has 0 atom stereocenters. The summed E-state index contributed by atoms with van der Waals surface area (Å²) in [7, 11) is 0. The molecule has 1 N–H and O–H groups in total. The van der Waals surface area contributed by atoms with E-state index in [4.69, 9.17) is 5.11 Å². The molecule has 3 nitrogen and oxygen atoms in total. The predicted molar refractivity (Wildman–Crippen MR) is 70.4 cm³/mol. The fourth-order valence-electron chi connectivity index (χ4n) is 1.50. The number of nitrogens with zero attached hydrogens (tertiary/aromatic N) is 1. The summed E-state index contributed by atoms with van der Waals surface area (Å²) >= 11 is 1.64. The van der Waals surface area contributed by atoms with Gasteiger partial charge in [-0.05, 0) is 32.6 Å². The van der Waals surface area contributed by atoms with Crippen LogP contribution in [-0.4, -0.2) is 16.1 Å². The van der Waals surface area contributed by atoms with Crippen molar-refractivity contribution in [2.75, 3.05) is 0 Å². The van der Waals surface area contributed by atoms with Crippen LogP contribution in [-0.2, 0) is 17.6 Å². The van der Waals surface area contributed by atoms with Gasteiger partial charge in [-0.2, -0.15) is 0 Å². The van der Waals surface area contributed by atoms with Crippen LogP contribution in [0.1, 0.15) is 44.8 Å². The number of rotatable bonds is 6. The van der Waals surface area contributed by atoms with Crippen LogP contribution in [0, 0.1) is 11.3 Å². The van der Waals surface area contributed by atoms with Crippen molar-refractivity contribution in [2.24, 2.45) is 11.3 Å². The number of thiazole rings is 1. The molecule has 0 aromatic carbocycles. The second-order valence-electron chi connectivity index (χ2n) is 5.52. The van der Waals surface area contributed by atoms with Crippen LogP contribution in [0.3, 0.4) is 0 Å². The number of carboxylic acid groups (broad SMARTS) is 1. The molecule has 96 valence electrons. The maximum atomic E-state index is 11.0. The Kier molecular flexibility index (Phi) is 4.69. The lowest BCUT2D eigenvalue weighted by Crippen LogP contribution is -2.24. The monoisotopic (exact) mass is 255 g/mol. The molecule has 0 fully saturated rings. The second-order valence-corrected chi connectivity index (χ2v) is 6.46. The molecule has 1 heterocycles. The fraction of sp³-hybridized carbons (Fsp3) is 0.692. The summed E-state index contributed by atoms with van der Waals surface area (Å²) in [6.45, 7) is 7.87. The molecule has 1 aromatic rings. The summed E-state index contributed by atoms with van der Waals surface area (Å²) in [5, 5.41) is 12.2. The average molecular weight is 255 g/mol. The number of carboxylic acids is 1. The molecule has 0 aliphatic heterocycles. The van der Waals surface area contributed by atoms with E-state index in [1.54, 1.807) is 25.2 Å². The van der Waals surface area contributed by atoms with Crippen molar-refractivity contribution in [3.05, 3.63) is 16.1 Å². The van der Waals surface area contributed by atoms with Gasteiger partial charge in [-0.15, -0.1) is 11.3 Å². The van der Waals surface area contributed by atoms with Gasteiger partial charge in [0, 0.05) is 11.8 Å². The van der Waals surface area contributed by atoms with Crippen molar-refractivity contribution in [1.29, 1.82) is 0 Å². The van der Waals surface area contributed by atoms with Crippen LogP contribution in [0.15, 0.2) is 5.38 Å². The van der Waals surface area contributed by atoms with E-state index in [2.05, 4.69) is 24.2 Å². The van der Waals surface area contributed by atoms with Crippen molar-refractivity contribution < 1.29 is 9.90 Å². The molecule has 0 aliphatic rings. The summed E-state index contributed by atoms with van der Waals surface area (Å²) < 4.78 is 0. The molecule has 0 saturated carbocycles. The Morgan fingerprint density at radius 2 is 2.18 bits per heavy atom. The Morgan fingerprint density at radius 3 is 2.71 bits per heavy atom. The fourth-order valence-corrected chi connectivity index (χ4v) is 2.31. The van der Waals surface area contributed by atoms with E-state index >= 15 is 0 Å². The van der Waals surface area contributed by atoms with E-state index in [0.717, 1.165) is 23.5 Å². The molecular weight excluding hydrogens is 234 g/mol. The molecule has 1 aromatic heterocycles. The zero-order chi connectivity index (χ0) is 13.1. The van der Waals surface area contributed by atoms with Crippen molar-refractivity contribution in [1.82, 2.24) is 4.98 Å². The predicted octanol–water partition coefficient (Wildman–Crippen LogP) is 3.39. The summed E-state index contributed by atoms with van der Waals surface area (Å²) in [4.78, 5) is 15.5. The molecule has 0 aliphatic carbocycles. The molecule has 4 heteroatoms. The standard InChI is InChI=1S/C13H21NO2S/c1-9(2)7-10-8-17-11(14-10)5-6-13(3,4)12(15)16/h8-9H,5-7H2,1-4H3,(H,15,16). The van der Waals surface area contributed by atoms with Crippen molar-refractivity contribution in [3.8, 4) is 0 Å². The molecule has 0 amide bonds. The van der Waals surface area contributed by atoms with Crippen LogP contribution in [0.4, 0.5) is 0 Å². The zero-order valence-electron chi connectivity index (χ0n) is 11.0. The van der Waals surface area contributed by atoms with Crippen LogP contribution in [0.2, 0.25) is 0 Å². The Morgan fingerprint density at radius 1 is 1.53 bits per heavy atom. The number of hydrogen-bond acceptors (Lipinski definition) is 3. The van der Waals surface area contributed by atoms with Gasteiger partial charge in [-0.3, -0.25) is 4.79 Å². The summed E-state index contributed by atoms with van der Waals surface area (Å²) in [6.07, 6.45) is 2.39. The first kappa shape index (κ1) is 14.2. The third-order valence-electron chi connectivity index (χ3n) is 2.76. The third-order valence-corrected chi connectivity index (χ3v) is 3.72. The zero-order valence-corrected chi connectivity index (χ0v) is 11.8. The number of carbonyl (C=O) groups is 1. The van der Waals surface area contributed by atoms with Gasteiger partial charge in [0.05, 0.1) is 16.1 Å². The SMILES string of the molecule is CC(C)Cc1csc(CCC(C)(C)C(=O)O)n1. The summed E-state index contributed by atoms with van der Waals surface area (Å²) in [5.74, 6) is -0.128. The van der Waals surface area contributed by atoms with Gasteiger partial charge in [-0.1, -0.05) is 13.8 Å². The van der Waals surface area contributed by atoms with Crippen LogP contribution < -0.4 is 0 Å². The van der Waals surface area contributed by atoms with Gasteiger partial charge in [0.15, 0.2) is 0 Å². The summed E-state index contributed by atoms with van der Waals surface area (Å²) in [5.41, 5.74) is 0.470. The highest BCUT2D eigenvalue weighted by atomic mass is 32.1. The first-order valence-corrected chi connectivity index (χ1v) is 6.86. The summed E-state index contributed by atoms with van der Waals surface area (Å²) in [6, 6.07) is 0. The minimum absolute atomic E-state index is 0.611. The van der Waals surface area contributed by atoms with E-state index < -0.39 is 11.4 Å². The smallest absolute Gasteiger partial charge is 0.309 e. The van der Waals surface area contributed by atoms with E-state index in [-0.39, 0.29) is 0 Å². The van der Waals surface area contributed by atoms with Crippen molar-refractivity contribution in [3.63, 3.8) is 0 Å². The number of aliphatic carboxylic acids is 1. The number of aromatic nitrogens is 1. The largest absolute Gasteiger partial charge is 0.481 e. The molecule has 0 saturated heterocycles. The van der Waals surface area contributed by atoms with Gasteiger partial charge in [0.1, 0.15) is 0 Å². The highest BCUT2D eigenvalue weighted by Crippen LogP contribution is 2.24. The highest BCUT2D eigenvalue weighted by Gasteiger charge is 2.26. The lowest BCUT2D eigenvalue weighted by atomic mass is 9.88. The van der Waals surface area contributed by atoms with E-state index in [1.807, 2.05) is 0 Å². The second kappa shape index (κ2) is 5.63. The van der Waals surface area contributed by atoms with Crippen LogP contribution in [0.25, 0.3) is 0 Å². The van der Waals surface area contributed by atoms with E-state index in [9.17, 15) is 4.79 Å².